The molecule has 1 fully saturated rings. The summed E-state index contributed by atoms with van der Waals surface area (Å²) in [6.07, 6.45) is 1.97. The van der Waals surface area contributed by atoms with Gasteiger partial charge in [0.2, 0.25) is 0 Å². The van der Waals surface area contributed by atoms with Crippen molar-refractivity contribution in [2.45, 2.75) is 18.8 Å². The van der Waals surface area contributed by atoms with Crippen molar-refractivity contribution in [1.29, 1.82) is 0 Å². The number of rotatable bonds is 4. The second kappa shape index (κ2) is 8.15. The fourth-order valence-corrected chi connectivity index (χ4v) is 4.23. The zero-order valence-corrected chi connectivity index (χ0v) is 17.7. The van der Waals surface area contributed by atoms with Crippen molar-refractivity contribution in [1.82, 2.24) is 14.8 Å². The van der Waals surface area contributed by atoms with Crippen LogP contribution in [0.3, 0.4) is 0 Å². The van der Waals surface area contributed by atoms with Gasteiger partial charge in [0.05, 0.1) is 12.1 Å². The molecular weight excluding hydrogens is 415 g/mol. The number of anilines is 1. The Balaban J connectivity index is 1.53. The lowest BCUT2D eigenvalue weighted by molar-refractivity contribution is 0.414. The summed E-state index contributed by atoms with van der Waals surface area (Å²) in [4.78, 5) is 2.35. The molecule has 8 heteroatoms. The number of nitrogens with zero attached hydrogens (tertiary/aromatic N) is 3. The van der Waals surface area contributed by atoms with Crippen LogP contribution < -0.4 is 9.64 Å². The minimum absolute atomic E-state index is 0.328. The molecule has 0 unspecified atom stereocenters. The van der Waals surface area contributed by atoms with Crippen molar-refractivity contribution in [3.8, 4) is 11.4 Å². The van der Waals surface area contributed by atoms with E-state index in [9.17, 15) is 0 Å². The van der Waals surface area contributed by atoms with Gasteiger partial charge < -0.3 is 9.64 Å². The third-order valence-electron chi connectivity index (χ3n) is 5.14. The van der Waals surface area contributed by atoms with Gasteiger partial charge in [-0.05, 0) is 61.5 Å². The van der Waals surface area contributed by atoms with Crippen LogP contribution in [0, 0.1) is 4.77 Å². The molecule has 1 aromatic heterocycles. The first-order chi connectivity index (χ1) is 13.6. The first kappa shape index (κ1) is 19.3. The van der Waals surface area contributed by atoms with Crippen LogP contribution in [-0.2, 0) is 0 Å². The number of hydrogen-bond donors (Lipinski definition) is 1. The zero-order chi connectivity index (χ0) is 19.7. The second-order valence-corrected chi connectivity index (χ2v) is 8.01. The summed E-state index contributed by atoms with van der Waals surface area (Å²) in [5.74, 6) is 2.00. The molecule has 0 aliphatic carbocycles. The summed E-state index contributed by atoms with van der Waals surface area (Å²) in [5.41, 5.74) is 2.10. The van der Waals surface area contributed by atoms with Gasteiger partial charge in [-0.1, -0.05) is 23.2 Å². The van der Waals surface area contributed by atoms with Gasteiger partial charge in [0.25, 0.3) is 0 Å². The fraction of sp³-hybridized carbons (Fsp3) is 0.300. The molecule has 3 aromatic rings. The van der Waals surface area contributed by atoms with E-state index in [0.29, 0.717) is 26.5 Å². The predicted octanol–water partition coefficient (Wildman–Crippen LogP) is 5.63. The number of nitrogens with one attached hydrogen (secondary N) is 1. The Morgan fingerprint density at radius 2 is 1.75 bits per heavy atom. The van der Waals surface area contributed by atoms with E-state index < -0.39 is 0 Å². The average Bonchev–Trinajstić information content (AvgIpc) is 3.10. The third-order valence-corrected chi connectivity index (χ3v) is 5.98. The van der Waals surface area contributed by atoms with E-state index in [0.717, 1.165) is 43.1 Å². The Labute approximate surface area is 178 Å². The van der Waals surface area contributed by atoms with Gasteiger partial charge in [-0.25, -0.2) is 0 Å². The number of benzene rings is 2. The molecule has 4 rings (SSSR count). The van der Waals surface area contributed by atoms with Crippen LogP contribution in [0.25, 0.3) is 5.69 Å². The lowest BCUT2D eigenvalue weighted by atomic mass is 9.95. The lowest BCUT2D eigenvalue weighted by Crippen LogP contribution is -2.33. The maximum atomic E-state index is 6.15. The highest BCUT2D eigenvalue weighted by molar-refractivity contribution is 7.71. The molecule has 1 N–H and O–H groups in total. The molecule has 28 heavy (non-hydrogen) atoms. The lowest BCUT2D eigenvalue weighted by Gasteiger charge is -2.33. The SMILES string of the molecule is COc1cc(N2CCC(c3n[nH]c(=S)n3-c3ccc(Cl)cc3)CC2)ccc1Cl. The van der Waals surface area contributed by atoms with Gasteiger partial charge in [0, 0.05) is 41.5 Å². The van der Waals surface area contributed by atoms with Gasteiger partial charge in [-0.15, -0.1) is 0 Å². The average molecular weight is 435 g/mol. The fourth-order valence-electron chi connectivity index (χ4n) is 3.66. The topological polar surface area (TPSA) is 46.1 Å². The molecule has 0 radical (unpaired) electrons. The van der Waals surface area contributed by atoms with Crippen molar-refractivity contribution in [3.05, 3.63) is 63.1 Å². The van der Waals surface area contributed by atoms with E-state index in [-0.39, 0.29) is 0 Å². The van der Waals surface area contributed by atoms with Crippen LogP contribution in [0.15, 0.2) is 42.5 Å². The molecule has 0 saturated carbocycles. The summed E-state index contributed by atoms with van der Waals surface area (Å²) in [6.45, 7) is 1.85. The van der Waals surface area contributed by atoms with Crippen LogP contribution in [0.5, 0.6) is 5.75 Å². The number of H-pyrrole nitrogens is 1. The highest BCUT2D eigenvalue weighted by atomic mass is 35.5. The molecule has 146 valence electrons. The highest BCUT2D eigenvalue weighted by Crippen LogP contribution is 2.34. The maximum Gasteiger partial charge on any atom is 0.199 e. The van der Waals surface area contributed by atoms with Crippen molar-refractivity contribution in [2.24, 2.45) is 0 Å². The molecule has 1 aliphatic heterocycles. The van der Waals surface area contributed by atoms with E-state index in [1.165, 1.54) is 0 Å². The Morgan fingerprint density at radius 3 is 2.43 bits per heavy atom. The number of piperidine rings is 1. The van der Waals surface area contributed by atoms with Crippen molar-refractivity contribution in [2.75, 3.05) is 25.1 Å². The minimum atomic E-state index is 0.328. The predicted molar refractivity (Wildman–Crippen MR) is 116 cm³/mol. The number of hydrogen-bond acceptors (Lipinski definition) is 4. The third kappa shape index (κ3) is 3.77. The quantitative estimate of drug-likeness (QED) is 0.540. The number of halogens is 2. The van der Waals surface area contributed by atoms with E-state index in [2.05, 4.69) is 15.1 Å². The largest absolute Gasteiger partial charge is 0.495 e. The summed E-state index contributed by atoms with van der Waals surface area (Å²) in [7, 11) is 1.64. The molecule has 0 bridgehead atoms. The Kier molecular flexibility index (Phi) is 5.62. The normalized spacial score (nSPS) is 15.0. The van der Waals surface area contributed by atoms with Crippen LogP contribution in [0.4, 0.5) is 5.69 Å². The van der Waals surface area contributed by atoms with Crippen LogP contribution in [0.2, 0.25) is 10.0 Å². The molecule has 0 amide bonds. The first-order valence-corrected chi connectivity index (χ1v) is 10.2. The summed E-state index contributed by atoms with van der Waals surface area (Å²) in [6, 6.07) is 13.6. The first-order valence-electron chi connectivity index (χ1n) is 9.08. The molecule has 0 atom stereocenters. The van der Waals surface area contributed by atoms with E-state index in [1.54, 1.807) is 7.11 Å². The van der Waals surface area contributed by atoms with Crippen molar-refractivity contribution >= 4 is 41.1 Å². The highest BCUT2D eigenvalue weighted by Gasteiger charge is 2.26. The molecular formula is C20H20Cl2N4OS. The maximum absolute atomic E-state index is 6.15. The Morgan fingerprint density at radius 1 is 1.07 bits per heavy atom. The molecule has 2 heterocycles. The number of aromatic amines is 1. The summed E-state index contributed by atoms with van der Waals surface area (Å²) < 4.78 is 7.96. The zero-order valence-electron chi connectivity index (χ0n) is 15.4. The molecule has 2 aromatic carbocycles. The van der Waals surface area contributed by atoms with E-state index in [1.807, 2.05) is 47.0 Å². The summed E-state index contributed by atoms with van der Waals surface area (Å²) >= 11 is 17.6. The van der Waals surface area contributed by atoms with Crippen LogP contribution in [0.1, 0.15) is 24.6 Å². The van der Waals surface area contributed by atoms with Crippen LogP contribution >= 0.6 is 35.4 Å². The van der Waals surface area contributed by atoms with Crippen molar-refractivity contribution in [3.63, 3.8) is 0 Å². The Bertz CT molecular complexity index is 1020. The monoisotopic (exact) mass is 434 g/mol. The molecule has 1 aliphatic rings. The summed E-state index contributed by atoms with van der Waals surface area (Å²) in [5, 5.41) is 8.81. The Hall–Kier alpha value is -2.02. The second-order valence-electron chi connectivity index (χ2n) is 6.78. The van der Waals surface area contributed by atoms with Gasteiger partial charge in [-0.2, -0.15) is 5.10 Å². The van der Waals surface area contributed by atoms with Crippen molar-refractivity contribution < 1.29 is 4.74 Å². The number of aromatic nitrogens is 3. The molecule has 0 spiro atoms. The van der Waals surface area contributed by atoms with Gasteiger partial charge >= 0.3 is 0 Å². The minimum Gasteiger partial charge on any atom is -0.495 e. The van der Waals surface area contributed by atoms with Crippen LogP contribution in [-0.4, -0.2) is 35.0 Å². The number of methoxy groups -OCH3 is 1. The van der Waals surface area contributed by atoms with E-state index >= 15 is 0 Å². The van der Waals surface area contributed by atoms with Gasteiger partial charge in [0.15, 0.2) is 4.77 Å². The molecule has 1 saturated heterocycles. The smallest absolute Gasteiger partial charge is 0.199 e. The number of ether oxygens (including phenoxy) is 1. The standard InChI is InChI=1S/C20H20Cl2N4OS/c1-27-18-12-16(6-7-17(18)22)25-10-8-13(9-11-25)19-23-24-20(28)26(19)15-4-2-14(21)3-5-15/h2-7,12-13H,8-11H2,1H3,(H,24,28). The van der Waals surface area contributed by atoms with Gasteiger partial charge in [-0.3, -0.25) is 9.67 Å². The van der Waals surface area contributed by atoms with Gasteiger partial charge in [0.1, 0.15) is 11.6 Å². The van der Waals surface area contributed by atoms with E-state index in [4.69, 9.17) is 40.2 Å². The molecule has 5 nitrogen and oxygen atoms in total.